The van der Waals surface area contributed by atoms with Crippen LogP contribution in [0.3, 0.4) is 0 Å². The fraction of sp³-hybridized carbons (Fsp3) is 0.132. The fourth-order valence-corrected chi connectivity index (χ4v) is 14.3. The maximum atomic E-state index is 2.55. The molecule has 0 aromatic heterocycles. The van der Waals surface area contributed by atoms with Crippen LogP contribution in [-0.4, -0.2) is 0 Å². The topological polar surface area (TPSA) is 0 Å². The predicted molar refractivity (Wildman–Crippen MR) is 318 cm³/mol. The van der Waals surface area contributed by atoms with Crippen LogP contribution in [-0.2, 0) is 22.7 Å². The van der Waals surface area contributed by atoms with E-state index in [-0.39, 0.29) is 16.7 Å². The van der Waals surface area contributed by atoms with Crippen LogP contribution in [0.25, 0.3) is 66.8 Å². The van der Waals surface area contributed by atoms with Crippen LogP contribution in [0.2, 0.25) is 0 Å². The molecule has 0 amide bonds. The zero-order chi connectivity index (χ0) is 51.2. The maximum absolute atomic E-state index is 2.55. The van der Waals surface area contributed by atoms with E-state index >= 15 is 0 Å². The number of fused-ring (bicyclic) bond motifs is 9. The summed E-state index contributed by atoms with van der Waals surface area (Å²) in [5, 5.41) is 0. The standard InChI is InChI=1S/C76H60/c1-74(2)67-36-20-17-32-64(67)71-62(34-22-38-69(71)74)63-48-47-59(73-72(63)65-33-18-21-37-68(65)76(73,55-26-10-6-11-27-55)56-28-12-7-13-29-56)53-41-39-52(40-42-53)58(45-43-51-25-14-15-30-57(51)50-23-8-5-9-24-50)54-44-46-61-60-31-16-19-35-66(60)75(3,4)70(61)49-54/h5-42,44,46-49,58H,43,45H2,1-4H3. The molecule has 0 bridgehead atoms. The van der Waals surface area contributed by atoms with Crippen molar-refractivity contribution < 1.29 is 0 Å². The Hall–Kier alpha value is -8.58. The Kier molecular flexibility index (Phi) is 10.8. The third-order valence-corrected chi connectivity index (χ3v) is 17.9. The van der Waals surface area contributed by atoms with Gasteiger partial charge < -0.3 is 0 Å². The summed E-state index contributed by atoms with van der Waals surface area (Å²) in [4.78, 5) is 0. The van der Waals surface area contributed by atoms with Crippen molar-refractivity contribution in [1.82, 2.24) is 0 Å². The van der Waals surface area contributed by atoms with E-state index in [1.165, 1.54) is 128 Å². The first-order valence-corrected chi connectivity index (χ1v) is 27.3. The lowest BCUT2D eigenvalue weighted by atomic mass is 9.66. The molecule has 0 saturated heterocycles. The van der Waals surface area contributed by atoms with Gasteiger partial charge in [-0.1, -0.05) is 289 Å². The summed E-state index contributed by atoms with van der Waals surface area (Å²) in [6.07, 6.45) is 1.92. The first-order valence-electron chi connectivity index (χ1n) is 27.3. The summed E-state index contributed by atoms with van der Waals surface area (Å²) in [5.41, 5.74) is 29.7. The number of benzene rings is 11. The molecule has 0 heteroatoms. The SMILES string of the molecule is CC1(C)c2ccccc2-c2ccc(C(CCc3ccccc3-c3ccccc3)c3ccc(-c4ccc(-c5cccc6c5-c5ccccc5C6(C)C)c5c4C(c4ccccc4)(c4ccccc4)c4ccccc4-5)cc3)cc21. The van der Waals surface area contributed by atoms with Gasteiger partial charge in [0.1, 0.15) is 0 Å². The lowest BCUT2D eigenvalue weighted by molar-refractivity contribution is 0.654. The third-order valence-electron chi connectivity index (χ3n) is 17.9. The van der Waals surface area contributed by atoms with Crippen molar-refractivity contribution in [2.45, 2.75) is 62.7 Å². The molecule has 0 fully saturated rings. The first-order chi connectivity index (χ1) is 37.2. The summed E-state index contributed by atoms with van der Waals surface area (Å²) in [7, 11) is 0. The first kappa shape index (κ1) is 46.0. The van der Waals surface area contributed by atoms with Crippen LogP contribution in [0.15, 0.2) is 261 Å². The highest BCUT2D eigenvalue weighted by atomic mass is 14.5. The largest absolute Gasteiger partial charge is 0.0719 e. The maximum Gasteiger partial charge on any atom is 0.0719 e. The van der Waals surface area contributed by atoms with Gasteiger partial charge in [-0.15, -0.1) is 0 Å². The van der Waals surface area contributed by atoms with Gasteiger partial charge in [-0.3, -0.25) is 0 Å². The van der Waals surface area contributed by atoms with Gasteiger partial charge in [-0.2, -0.15) is 0 Å². The van der Waals surface area contributed by atoms with Gasteiger partial charge in [0.15, 0.2) is 0 Å². The van der Waals surface area contributed by atoms with Gasteiger partial charge in [0, 0.05) is 16.7 Å². The molecule has 76 heavy (non-hydrogen) atoms. The Bertz CT molecular complexity index is 3980. The molecule has 11 aromatic carbocycles. The van der Waals surface area contributed by atoms with Crippen molar-refractivity contribution >= 4 is 0 Å². The molecular formula is C76H60. The molecule has 0 radical (unpaired) electrons. The summed E-state index contributed by atoms with van der Waals surface area (Å²) in [5.74, 6) is 0.167. The van der Waals surface area contributed by atoms with E-state index < -0.39 is 5.41 Å². The van der Waals surface area contributed by atoms with E-state index in [2.05, 4.69) is 289 Å². The van der Waals surface area contributed by atoms with Crippen molar-refractivity contribution in [3.63, 3.8) is 0 Å². The van der Waals surface area contributed by atoms with Crippen LogP contribution in [0.5, 0.6) is 0 Å². The van der Waals surface area contributed by atoms with E-state index in [0.29, 0.717) is 0 Å². The number of aryl methyl sites for hydroxylation is 1. The highest BCUT2D eigenvalue weighted by molar-refractivity contribution is 6.04. The molecule has 3 aliphatic carbocycles. The quantitative estimate of drug-likeness (QED) is 0.128. The minimum Gasteiger partial charge on any atom is -0.0622 e. The van der Waals surface area contributed by atoms with Crippen molar-refractivity contribution in [3.05, 3.63) is 322 Å². The molecule has 1 unspecified atom stereocenters. The van der Waals surface area contributed by atoms with Gasteiger partial charge in [-0.05, 0) is 141 Å². The van der Waals surface area contributed by atoms with Crippen LogP contribution in [0.1, 0.15) is 101 Å². The molecule has 1 atom stereocenters. The summed E-state index contributed by atoms with van der Waals surface area (Å²) >= 11 is 0. The lowest BCUT2D eigenvalue weighted by Gasteiger charge is -2.35. The highest BCUT2D eigenvalue weighted by Gasteiger charge is 2.49. The second-order valence-corrected chi connectivity index (χ2v) is 22.5. The molecule has 0 aliphatic heterocycles. The van der Waals surface area contributed by atoms with Gasteiger partial charge >= 0.3 is 0 Å². The molecule has 0 heterocycles. The third kappa shape index (κ3) is 6.90. The second kappa shape index (κ2) is 17.8. The normalized spacial score (nSPS) is 14.9. The van der Waals surface area contributed by atoms with E-state index in [1.54, 1.807) is 0 Å². The minimum atomic E-state index is -0.600. The van der Waals surface area contributed by atoms with Crippen LogP contribution in [0.4, 0.5) is 0 Å². The number of hydrogen-bond acceptors (Lipinski definition) is 0. The molecule has 0 nitrogen and oxygen atoms in total. The smallest absolute Gasteiger partial charge is 0.0622 e. The molecule has 364 valence electrons. The Labute approximate surface area is 449 Å². The Morgan fingerprint density at radius 3 is 1.43 bits per heavy atom. The summed E-state index contributed by atoms with van der Waals surface area (Å²) < 4.78 is 0. The van der Waals surface area contributed by atoms with Crippen LogP contribution in [0, 0.1) is 0 Å². The van der Waals surface area contributed by atoms with E-state index in [0.717, 1.165) is 12.8 Å². The molecule has 3 aliphatic rings. The summed E-state index contributed by atoms with van der Waals surface area (Å²) in [6.45, 7) is 9.59. The van der Waals surface area contributed by atoms with Crippen molar-refractivity contribution in [1.29, 1.82) is 0 Å². The lowest BCUT2D eigenvalue weighted by Crippen LogP contribution is -2.29. The zero-order valence-corrected chi connectivity index (χ0v) is 43.8. The van der Waals surface area contributed by atoms with Gasteiger partial charge in [-0.25, -0.2) is 0 Å². The molecular weight excluding hydrogens is 913 g/mol. The Balaban J connectivity index is 0.970. The van der Waals surface area contributed by atoms with E-state index in [9.17, 15) is 0 Å². The van der Waals surface area contributed by atoms with Crippen LogP contribution >= 0.6 is 0 Å². The van der Waals surface area contributed by atoms with Crippen molar-refractivity contribution in [2.24, 2.45) is 0 Å². The molecule has 0 spiro atoms. The Morgan fingerprint density at radius 2 is 0.750 bits per heavy atom. The predicted octanol–water partition coefficient (Wildman–Crippen LogP) is 19.4. The number of hydrogen-bond donors (Lipinski definition) is 0. The zero-order valence-electron chi connectivity index (χ0n) is 43.8. The van der Waals surface area contributed by atoms with Crippen molar-refractivity contribution in [3.8, 4) is 66.8 Å². The average molecular weight is 973 g/mol. The highest BCUT2D eigenvalue weighted by Crippen LogP contribution is 2.62. The van der Waals surface area contributed by atoms with Crippen LogP contribution < -0.4 is 0 Å². The monoisotopic (exact) mass is 972 g/mol. The van der Waals surface area contributed by atoms with E-state index in [4.69, 9.17) is 0 Å². The minimum absolute atomic E-state index is 0.0935. The second-order valence-electron chi connectivity index (χ2n) is 22.5. The molecule has 11 aromatic rings. The van der Waals surface area contributed by atoms with Gasteiger partial charge in [0.2, 0.25) is 0 Å². The van der Waals surface area contributed by atoms with Gasteiger partial charge in [0.05, 0.1) is 5.41 Å². The summed E-state index contributed by atoms with van der Waals surface area (Å²) in [6, 6.07) is 99.0. The Morgan fingerprint density at radius 1 is 0.303 bits per heavy atom. The molecule has 0 N–H and O–H groups in total. The van der Waals surface area contributed by atoms with Crippen molar-refractivity contribution in [2.75, 3.05) is 0 Å². The molecule has 14 rings (SSSR count). The van der Waals surface area contributed by atoms with Gasteiger partial charge in [0.25, 0.3) is 0 Å². The number of rotatable bonds is 10. The fourth-order valence-electron chi connectivity index (χ4n) is 14.3. The molecule has 0 saturated carbocycles. The van der Waals surface area contributed by atoms with E-state index in [1.807, 2.05) is 0 Å². The average Bonchev–Trinajstić information content (AvgIpc) is 4.23.